The number of hydrogen-bond acceptors (Lipinski definition) is 3. The van der Waals surface area contributed by atoms with Gasteiger partial charge in [-0.1, -0.05) is 0 Å². The van der Waals surface area contributed by atoms with Crippen LogP contribution in [0.5, 0.6) is 0 Å². The third-order valence-corrected chi connectivity index (χ3v) is 2.86. The summed E-state index contributed by atoms with van der Waals surface area (Å²) in [7, 11) is 0. The van der Waals surface area contributed by atoms with Gasteiger partial charge < -0.3 is 10.6 Å². The third kappa shape index (κ3) is 4.31. The van der Waals surface area contributed by atoms with Gasteiger partial charge in [0.1, 0.15) is 5.82 Å². The zero-order valence-corrected chi connectivity index (χ0v) is 11.6. The molecular weight excluding hydrogens is 362 g/mol. The fraction of sp³-hybridized carbons (Fsp3) is 0.400. The first-order valence-corrected chi connectivity index (χ1v) is 6.15. The van der Waals surface area contributed by atoms with E-state index in [9.17, 15) is 18.0 Å². The monoisotopic (exact) mass is 373 g/mol. The number of aromatic nitrogens is 1. The van der Waals surface area contributed by atoms with Gasteiger partial charge in [-0.3, -0.25) is 4.79 Å². The molecule has 1 aromatic heterocycles. The Morgan fingerprint density at radius 1 is 1.50 bits per heavy atom. The van der Waals surface area contributed by atoms with E-state index in [0.29, 0.717) is 6.54 Å². The van der Waals surface area contributed by atoms with Crippen molar-refractivity contribution in [2.75, 3.05) is 18.4 Å². The Kier molecular flexibility index (Phi) is 5.17. The molecule has 0 radical (unpaired) electrons. The van der Waals surface area contributed by atoms with Crippen LogP contribution >= 0.6 is 22.6 Å². The zero-order chi connectivity index (χ0) is 13.8. The fourth-order valence-corrected chi connectivity index (χ4v) is 1.91. The maximum atomic E-state index is 12.5. The van der Waals surface area contributed by atoms with Crippen LogP contribution in [0.15, 0.2) is 12.3 Å². The number of likely N-dealkylation sites (N-methyl/N-ethyl adjacent to an activating group) is 1. The van der Waals surface area contributed by atoms with Crippen molar-refractivity contribution in [3.8, 4) is 0 Å². The predicted octanol–water partition coefficient (Wildman–Crippen LogP) is 2.25. The molecule has 0 spiro atoms. The number of halogens is 4. The molecule has 1 rings (SSSR count). The van der Waals surface area contributed by atoms with E-state index >= 15 is 0 Å². The van der Waals surface area contributed by atoms with E-state index in [-0.39, 0.29) is 21.8 Å². The third-order valence-electron chi connectivity index (χ3n) is 1.96. The number of hydrogen-bond donors (Lipinski definition) is 2. The molecule has 0 aromatic carbocycles. The number of carbonyl (C=O) groups is 1. The maximum absolute atomic E-state index is 12.5. The Balaban J connectivity index is 2.71. The van der Waals surface area contributed by atoms with Gasteiger partial charge in [0.15, 0.2) is 0 Å². The van der Waals surface area contributed by atoms with Crippen LogP contribution in [0.1, 0.15) is 12.5 Å². The molecule has 0 aliphatic carbocycles. The van der Waals surface area contributed by atoms with Crippen molar-refractivity contribution in [3.05, 3.63) is 21.4 Å². The van der Waals surface area contributed by atoms with Crippen LogP contribution < -0.4 is 10.6 Å². The predicted molar refractivity (Wildman–Crippen MR) is 69.1 cm³/mol. The molecule has 18 heavy (non-hydrogen) atoms. The van der Waals surface area contributed by atoms with Gasteiger partial charge in [0.2, 0.25) is 5.91 Å². The summed E-state index contributed by atoms with van der Waals surface area (Å²) in [6, 6.07) is 1.25. The van der Waals surface area contributed by atoms with Crippen molar-refractivity contribution in [1.29, 1.82) is 0 Å². The zero-order valence-electron chi connectivity index (χ0n) is 9.44. The van der Waals surface area contributed by atoms with Crippen molar-refractivity contribution in [3.63, 3.8) is 0 Å². The number of anilines is 1. The summed E-state index contributed by atoms with van der Waals surface area (Å²) in [5.74, 6) is -0.00661. The number of pyridine rings is 1. The largest absolute Gasteiger partial charge is 0.418 e. The number of rotatable bonds is 4. The van der Waals surface area contributed by atoms with Crippen molar-refractivity contribution < 1.29 is 18.0 Å². The highest BCUT2D eigenvalue weighted by Crippen LogP contribution is 2.32. The maximum Gasteiger partial charge on any atom is 0.418 e. The SMILES string of the molecule is CCNC(=O)CNc1cc(I)c(C(F)(F)F)cn1. The molecule has 1 heterocycles. The molecule has 0 fully saturated rings. The van der Waals surface area contributed by atoms with Crippen molar-refractivity contribution >= 4 is 34.3 Å². The standard InChI is InChI=1S/C10H11F3IN3O/c1-2-15-9(18)5-17-8-3-7(14)6(4-16-8)10(11,12)13/h3-4H,2,5H2,1H3,(H,15,18)(H,16,17). The molecule has 2 N–H and O–H groups in total. The second kappa shape index (κ2) is 6.21. The summed E-state index contributed by atoms with van der Waals surface area (Å²) in [4.78, 5) is 14.8. The van der Waals surface area contributed by atoms with Crippen LogP contribution in [-0.2, 0) is 11.0 Å². The summed E-state index contributed by atoms with van der Waals surface area (Å²) in [6.07, 6.45) is -3.66. The number of nitrogens with one attached hydrogen (secondary N) is 2. The molecule has 0 saturated carbocycles. The number of amides is 1. The molecule has 0 bridgehead atoms. The average molecular weight is 373 g/mol. The lowest BCUT2D eigenvalue weighted by atomic mass is 10.3. The lowest BCUT2D eigenvalue weighted by Crippen LogP contribution is -2.29. The highest BCUT2D eigenvalue weighted by atomic mass is 127. The van der Waals surface area contributed by atoms with Gasteiger partial charge in [-0.15, -0.1) is 0 Å². The first kappa shape index (κ1) is 15.0. The molecule has 0 aliphatic heterocycles. The van der Waals surface area contributed by atoms with Crippen LogP contribution in [0.2, 0.25) is 0 Å². The van der Waals surface area contributed by atoms with Gasteiger partial charge in [0.05, 0.1) is 12.1 Å². The van der Waals surface area contributed by atoms with E-state index in [1.54, 1.807) is 29.5 Å². The van der Waals surface area contributed by atoms with Gasteiger partial charge in [-0.25, -0.2) is 4.98 Å². The molecule has 0 unspecified atom stereocenters. The van der Waals surface area contributed by atoms with E-state index in [1.165, 1.54) is 6.07 Å². The van der Waals surface area contributed by atoms with Gasteiger partial charge in [0.25, 0.3) is 0 Å². The number of alkyl halides is 3. The van der Waals surface area contributed by atoms with Crippen LogP contribution in [0.25, 0.3) is 0 Å². The second-order valence-electron chi connectivity index (χ2n) is 3.35. The van der Waals surface area contributed by atoms with Crippen LogP contribution in [0, 0.1) is 3.57 Å². The molecule has 100 valence electrons. The lowest BCUT2D eigenvalue weighted by molar-refractivity contribution is -0.138. The summed E-state index contributed by atoms with van der Waals surface area (Å²) in [6.45, 7) is 2.25. The Hall–Kier alpha value is -1.06. The Labute approximate surface area is 115 Å². The van der Waals surface area contributed by atoms with Crippen LogP contribution in [0.4, 0.5) is 19.0 Å². The van der Waals surface area contributed by atoms with Gasteiger partial charge in [-0.2, -0.15) is 13.2 Å². The molecular formula is C10H11F3IN3O. The Morgan fingerprint density at radius 2 is 2.17 bits per heavy atom. The van der Waals surface area contributed by atoms with Crippen molar-refractivity contribution in [1.82, 2.24) is 10.3 Å². The molecule has 0 aliphatic rings. The fourth-order valence-electron chi connectivity index (χ4n) is 1.17. The molecule has 0 saturated heterocycles. The normalized spacial score (nSPS) is 11.2. The minimum atomic E-state index is -4.42. The van der Waals surface area contributed by atoms with Gasteiger partial charge in [0, 0.05) is 16.3 Å². The first-order chi connectivity index (χ1) is 8.34. The van der Waals surface area contributed by atoms with Crippen molar-refractivity contribution in [2.24, 2.45) is 0 Å². The van der Waals surface area contributed by atoms with E-state index in [0.717, 1.165) is 6.20 Å². The number of carbonyl (C=O) groups excluding carboxylic acids is 1. The minimum Gasteiger partial charge on any atom is -0.361 e. The summed E-state index contributed by atoms with van der Waals surface area (Å²) >= 11 is 1.58. The van der Waals surface area contributed by atoms with Crippen LogP contribution in [0.3, 0.4) is 0 Å². The quantitative estimate of drug-likeness (QED) is 0.797. The highest BCUT2D eigenvalue weighted by molar-refractivity contribution is 14.1. The molecule has 0 atom stereocenters. The smallest absolute Gasteiger partial charge is 0.361 e. The van der Waals surface area contributed by atoms with Crippen molar-refractivity contribution in [2.45, 2.75) is 13.1 Å². The summed E-state index contributed by atoms with van der Waals surface area (Å²) in [5.41, 5.74) is -0.786. The average Bonchev–Trinajstić information content (AvgIpc) is 2.25. The summed E-state index contributed by atoms with van der Waals surface area (Å²) < 4.78 is 37.4. The van der Waals surface area contributed by atoms with E-state index in [2.05, 4.69) is 15.6 Å². The minimum absolute atomic E-state index is 0.0255. The second-order valence-corrected chi connectivity index (χ2v) is 4.52. The molecule has 4 nitrogen and oxygen atoms in total. The summed E-state index contributed by atoms with van der Waals surface area (Å²) in [5, 5.41) is 5.21. The molecule has 8 heteroatoms. The topological polar surface area (TPSA) is 54.0 Å². The van der Waals surface area contributed by atoms with E-state index in [4.69, 9.17) is 0 Å². The van der Waals surface area contributed by atoms with E-state index in [1.807, 2.05) is 0 Å². The first-order valence-electron chi connectivity index (χ1n) is 5.08. The van der Waals surface area contributed by atoms with Gasteiger partial charge >= 0.3 is 6.18 Å². The lowest BCUT2D eigenvalue weighted by Gasteiger charge is -2.10. The Morgan fingerprint density at radius 3 is 2.67 bits per heavy atom. The van der Waals surface area contributed by atoms with E-state index < -0.39 is 11.7 Å². The van der Waals surface area contributed by atoms with Gasteiger partial charge in [-0.05, 0) is 35.6 Å². The molecule has 1 amide bonds. The number of nitrogens with zero attached hydrogens (tertiary/aromatic N) is 1. The highest BCUT2D eigenvalue weighted by Gasteiger charge is 2.33. The van der Waals surface area contributed by atoms with Crippen LogP contribution in [-0.4, -0.2) is 24.0 Å². The Bertz CT molecular complexity index is 437. The molecule has 1 aromatic rings.